The molecule has 6 nitrogen and oxygen atoms in total. The van der Waals surface area contributed by atoms with E-state index < -0.39 is 18.0 Å². The Hall–Kier alpha value is -4.03. The molecule has 31 heavy (non-hydrogen) atoms. The summed E-state index contributed by atoms with van der Waals surface area (Å²) in [5.41, 5.74) is 2.10. The number of amides is 1. The largest absolute Gasteiger partial charge is 0.478 e. The normalized spacial score (nSPS) is 10.5. The van der Waals surface area contributed by atoms with E-state index in [1.165, 1.54) is 12.1 Å². The molecule has 0 aliphatic heterocycles. The highest BCUT2D eigenvalue weighted by molar-refractivity contribution is 5.97. The number of carbonyl (C=O) groups is 3. The highest BCUT2D eigenvalue weighted by Gasteiger charge is 2.25. The fraction of sp³-hybridized carbons (Fsp3) is 0.240. The van der Waals surface area contributed by atoms with Crippen LogP contribution in [0.4, 0.5) is 0 Å². The summed E-state index contributed by atoms with van der Waals surface area (Å²) in [4.78, 5) is 34.2. The van der Waals surface area contributed by atoms with E-state index in [0.29, 0.717) is 16.7 Å². The van der Waals surface area contributed by atoms with E-state index in [1.54, 1.807) is 43.3 Å². The smallest absolute Gasteiger partial charge is 0.335 e. The van der Waals surface area contributed by atoms with Crippen LogP contribution in [0, 0.1) is 30.6 Å². The molecule has 160 valence electrons. The summed E-state index contributed by atoms with van der Waals surface area (Å²) in [6.45, 7) is 5.72. The number of nitrogens with one attached hydrogen (secondary N) is 1. The van der Waals surface area contributed by atoms with Crippen molar-refractivity contribution in [1.29, 1.82) is 0 Å². The summed E-state index contributed by atoms with van der Waals surface area (Å²) in [6, 6.07) is 12.1. The number of carboxylic acids is 1. The Morgan fingerprint density at radius 1 is 0.935 bits per heavy atom. The number of esters is 1. The van der Waals surface area contributed by atoms with Gasteiger partial charge in [-0.3, -0.25) is 4.79 Å². The molecule has 0 saturated heterocycles. The second kappa shape index (κ2) is 12.5. The lowest BCUT2D eigenvalue weighted by Gasteiger charge is -2.20. The number of benzene rings is 2. The molecular weight excluding hydrogens is 394 g/mol. The molecule has 0 aliphatic rings. The van der Waals surface area contributed by atoms with Gasteiger partial charge in [0, 0.05) is 16.7 Å². The molecule has 6 heteroatoms. The minimum atomic E-state index is -0.937. The lowest BCUT2D eigenvalue weighted by molar-refractivity contribution is -0.146. The van der Waals surface area contributed by atoms with E-state index in [4.69, 9.17) is 22.7 Å². The van der Waals surface area contributed by atoms with Crippen LogP contribution in [-0.2, 0) is 9.53 Å². The molecule has 2 aromatic rings. The Morgan fingerprint density at radius 2 is 1.39 bits per heavy atom. The average Bonchev–Trinajstić information content (AvgIpc) is 2.77. The van der Waals surface area contributed by atoms with Gasteiger partial charge >= 0.3 is 11.9 Å². The van der Waals surface area contributed by atoms with Gasteiger partial charge in [-0.1, -0.05) is 25.7 Å². The van der Waals surface area contributed by atoms with Gasteiger partial charge in [0.1, 0.15) is 6.04 Å². The van der Waals surface area contributed by atoms with Crippen molar-refractivity contribution in [2.24, 2.45) is 5.92 Å². The molecule has 2 rings (SSSR count). The number of hydrogen-bond acceptors (Lipinski definition) is 4. The fourth-order valence-electron chi connectivity index (χ4n) is 2.38. The second-order valence-electron chi connectivity index (χ2n) is 6.70. The molecule has 0 fully saturated rings. The predicted octanol–water partition coefficient (Wildman–Crippen LogP) is 3.35. The zero-order valence-electron chi connectivity index (χ0n) is 17.7. The van der Waals surface area contributed by atoms with Crippen molar-refractivity contribution in [3.05, 3.63) is 70.8 Å². The Bertz CT molecular complexity index is 977. The minimum absolute atomic E-state index is 0.0528. The zero-order valence-corrected chi connectivity index (χ0v) is 17.7. The SMILES string of the molecule is C#Cc1ccc(C(=O)N[C@H](C(=O)OCC)C(C)C)cc1.C#Cc1ccc(C(=O)O)cc1. The van der Waals surface area contributed by atoms with Gasteiger partial charge in [-0.05, 0) is 61.4 Å². The molecule has 1 atom stereocenters. The lowest BCUT2D eigenvalue weighted by atomic mass is 10.0. The molecule has 1 amide bonds. The molecular formula is C25H25NO5. The summed E-state index contributed by atoms with van der Waals surface area (Å²) in [5.74, 6) is 3.15. The van der Waals surface area contributed by atoms with E-state index in [9.17, 15) is 14.4 Å². The van der Waals surface area contributed by atoms with E-state index in [0.717, 1.165) is 0 Å². The summed E-state index contributed by atoms with van der Waals surface area (Å²) >= 11 is 0. The summed E-state index contributed by atoms with van der Waals surface area (Å²) in [6.07, 6.45) is 10.3. The first-order valence-electron chi connectivity index (χ1n) is 9.57. The van der Waals surface area contributed by atoms with Gasteiger partial charge in [0.2, 0.25) is 0 Å². The summed E-state index contributed by atoms with van der Waals surface area (Å²) < 4.78 is 4.96. The Morgan fingerprint density at radius 3 is 1.74 bits per heavy atom. The third kappa shape index (κ3) is 8.08. The molecule has 0 heterocycles. The van der Waals surface area contributed by atoms with E-state index in [2.05, 4.69) is 17.2 Å². The van der Waals surface area contributed by atoms with Gasteiger partial charge in [-0.15, -0.1) is 12.8 Å². The van der Waals surface area contributed by atoms with Crippen LogP contribution in [-0.4, -0.2) is 35.6 Å². The predicted molar refractivity (Wildman–Crippen MR) is 118 cm³/mol. The van der Waals surface area contributed by atoms with E-state index >= 15 is 0 Å². The summed E-state index contributed by atoms with van der Waals surface area (Å²) in [7, 11) is 0. The number of carboxylic acid groups (broad SMARTS) is 1. The first-order chi connectivity index (χ1) is 14.7. The van der Waals surface area contributed by atoms with E-state index in [-0.39, 0.29) is 24.0 Å². The molecule has 0 unspecified atom stereocenters. The number of rotatable bonds is 6. The molecule has 0 saturated carbocycles. The highest BCUT2D eigenvalue weighted by atomic mass is 16.5. The van der Waals surface area contributed by atoms with Gasteiger partial charge in [0.25, 0.3) is 5.91 Å². The lowest BCUT2D eigenvalue weighted by Crippen LogP contribution is -2.45. The number of ether oxygens (including phenoxy) is 1. The molecule has 0 aromatic heterocycles. The highest BCUT2D eigenvalue weighted by Crippen LogP contribution is 2.08. The first-order valence-corrected chi connectivity index (χ1v) is 9.57. The molecule has 2 N–H and O–H groups in total. The minimum Gasteiger partial charge on any atom is -0.478 e. The number of terminal acetylenes is 2. The standard InChI is InChI=1S/C16H19NO3.C9H6O2/c1-5-12-7-9-13(10-8-12)15(18)17-14(11(3)4)16(19)20-6-2;1-2-7-3-5-8(6-4-7)9(10)11/h1,7-11,14H,6H2,2-4H3,(H,17,18);1,3-6H,(H,10,11)/t14-;/m0./s1. The fourth-order valence-corrected chi connectivity index (χ4v) is 2.38. The first kappa shape index (κ1) is 25.0. The van der Waals surface area contributed by atoms with Crippen LogP contribution in [0.3, 0.4) is 0 Å². The third-order valence-corrected chi connectivity index (χ3v) is 4.11. The van der Waals surface area contributed by atoms with Crippen LogP contribution in [0.1, 0.15) is 52.6 Å². The van der Waals surface area contributed by atoms with Crippen LogP contribution in [0.2, 0.25) is 0 Å². The van der Waals surface area contributed by atoms with Crippen molar-refractivity contribution in [3.63, 3.8) is 0 Å². The maximum atomic E-state index is 12.1. The molecule has 0 aliphatic carbocycles. The number of aromatic carboxylic acids is 1. The Kier molecular flexibility index (Phi) is 10.1. The molecule has 0 bridgehead atoms. The van der Waals surface area contributed by atoms with Crippen LogP contribution in [0.25, 0.3) is 0 Å². The van der Waals surface area contributed by atoms with Crippen molar-refractivity contribution in [2.45, 2.75) is 26.8 Å². The van der Waals surface area contributed by atoms with Crippen LogP contribution in [0.15, 0.2) is 48.5 Å². The van der Waals surface area contributed by atoms with Crippen molar-refractivity contribution < 1.29 is 24.2 Å². The quantitative estimate of drug-likeness (QED) is 0.553. The van der Waals surface area contributed by atoms with Crippen molar-refractivity contribution in [3.8, 4) is 24.7 Å². The van der Waals surface area contributed by atoms with Crippen LogP contribution < -0.4 is 5.32 Å². The molecule has 0 spiro atoms. The van der Waals surface area contributed by atoms with Gasteiger partial charge < -0.3 is 15.2 Å². The maximum absolute atomic E-state index is 12.1. The zero-order chi connectivity index (χ0) is 23.4. The van der Waals surface area contributed by atoms with Gasteiger partial charge in [0.15, 0.2) is 0 Å². The monoisotopic (exact) mass is 419 g/mol. The van der Waals surface area contributed by atoms with Crippen LogP contribution >= 0.6 is 0 Å². The average molecular weight is 419 g/mol. The second-order valence-corrected chi connectivity index (χ2v) is 6.70. The van der Waals surface area contributed by atoms with Gasteiger partial charge in [-0.25, -0.2) is 9.59 Å². The topological polar surface area (TPSA) is 92.7 Å². The van der Waals surface area contributed by atoms with Gasteiger partial charge in [-0.2, -0.15) is 0 Å². The van der Waals surface area contributed by atoms with Crippen molar-refractivity contribution >= 4 is 17.8 Å². The van der Waals surface area contributed by atoms with Gasteiger partial charge in [0.05, 0.1) is 12.2 Å². The molecule has 2 aromatic carbocycles. The number of carbonyl (C=O) groups excluding carboxylic acids is 2. The Labute approximate surface area is 182 Å². The Balaban J connectivity index is 0.000000367. The third-order valence-electron chi connectivity index (χ3n) is 4.11. The molecule has 0 radical (unpaired) electrons. The summed E-state index contributed by atoms with van der Waals surface area (Å²) in [5, 5.41) is 11.2. The van der Waals surface area contributed by atoms with Crippen LogP contribution in [0.5, 0.6) is 0 Å². The van der Waals surface area contributed by atoms with Crippen molar-refractivity contribution in [1.82, 2.24) is 5.32 Å². The van der Waals surface area contributed by atoms with E-state index in [1.807, 2.05) is 13.8 Å². The number of hydrogen-bond donors (Lipinski definition) is 2. The maximum Gasteiger partial charge on any atom is 0.335 e. The van der Waals surface area contributed by atoms with Crippen molar-refractivity contribution in [2.75, 3.05) is 6.61 Å².